The van der Waals surface area contributed by atoms with Crippen LogP contribution in [0.2, 0.25) is 0 Å². The van der Waals surface area contributed by atoms with Crippen molar-refractivity contribution in [2.45, 2.75) is 32.8 Å². The number of alkyl carbamates (subject to hydrolysis) is 1. The molecule has 1 aliphatic rings. The average Bonchev–Trinajstić information content (AvgIpc) is 3.16. The fraction of sp³-hybridized carbons (Fsp3) is 0.409. The first-order chi connectivity index (χ1) is 15.4. The lowest BCUT2D eigenvalue weighted by Crippen LogP contribution is -2.36. The molecule has 0 saturated carbocycles. The zero-order chi connectivity index (χ0) is 24.8. The van der Waals surface area contributed by atoms with Crippen LogP contribution in [0, 0.1) is 21.8 Å². The second kappa shape index (κ2) is 11.6. The summed E-state index contributed by atoms with van der Waals surface area (Å²) < 4.78 is 18.7. The minimum atomic E-state index is -0.580. The standard InChI is InChI=1S/C16H24BrN3O2.C6H3BrFNO2/c1-16(2,3)22-15(21)19-9-11-6-7-20(10-11)12-4-5-14(18)13(17)8-12;7-5-3-4(8)1-2-6(5)9(10)11/h4-5,8,11H,6-7,9-10,18H2,1-3H3,(H,19,21);1-3H. The van der Waals surface area contributed by atoms with Crippen molar-refractivity contribution in [1.82, 2.24) is 5.32 Å². The summed E-state index contributed by atoms with van der Waals surface area (Å²) in [6, 6.07) is 9.19. The maximum atomic E-state index is 12.4. The third-order valence-corrected chi connectivity index (χ3v) is 6.00. The number of anilines is 2. The summed E-state index contributed by atoms with van der Waals surface area (Å²) in [5.74, 6) is -0.0636. The molecule has 0 aromatic heterocycles. The third-order valence-electron chi connectivity index (χ3n) is 4.68. The van der Waals surface area contributed by atoms with Gasteiger partial charge < -0.3 is 20.7 Å². The summed E-state index contributed by atoms with van der Waals surface area (Å²) >= 11 is 6.33. The molecule has 180 valence electrons. The normalized spacial score (nSPS) is 15.5. The van der Waals surface area contributed by atoms with Crippen molar-refractivity contribution < 1.29 is 18.8 Å². The number of nitrogens with zero attached hydrogens (tertiary/aromatic N) is 2. The van der Waals surface area contributed by atoms with Crippen LogP contribution >= 0.6 is 31.9 Å². The van der Waals surface area contributed by atoms with E-state index in [1.807, 2.05) is 39.0 Å². The smallest absolute Gasteiger partial charge is 0.407 e. The molecule has 0 bridgehead atoms. The predicted octanol–water partition coefficient (Wildman–Crippen LogP) is 5.88. The maximum absolute atomic E-state index is 12.4. The Hall–Kier alpha value is -2.40. The van der Waals surface area contributed by atoms with Gasteiger partial charge in [0.25, 0.3) is 5.69 Å². The molecular formula is C22H27Br2FN4O4. The fourth-order valence-electron chi connectivity index (χ4n) is 3.12. The van der Waals surface area contributed by atoms with Crippen molar-refractivity contribution >= 4 is 55.0 Å². The zero-order valence-electron chi connectivity index (χ0n) is 18.6. The summed E-state index contributed by atoms with van der Waals surface area (Å²) in [6.07, 6.45) is 0.707. The van der Waals surface area contributed by atoms with Crippen LogP contribution in [0.4, 0.5) is 26.2 Å². The quantitative estimate of drug-likeness (QED) is 0.262. The number of carbonyl (C=O) groups excluding carboxylic acids is 1. The zero-order valence-corrected chi connectivity index (χ0v) is 21.8. The Morgan fingerprint density at radius 1 is 1.27 bits per heavy atom. The SMILES string of the molecule is CC(C)(C)OC(=O)NCC1CCN(c2ccc(N)c(Br)c2)C1.O=[N+]([O-])c1ccc(F)cc1Br. The van der Waals surface area contributed by atoms with Crippen molar-refractivity contribution in [3.63, 3.8) is 0 Å². The number of nitrogens with two attached hydrogens (primary N) is 1. The van der Waals surface area contributed by atoms with Crippen LogP contribution in [0.3, 0.4) is 0 Å². The number of hydrogen-bond acceptors (Lipinski definition) is 6. The molecule has 0 radical (unpaired) electrons. The van der Waals surface area contributed by atoms with E-state index in [9.17, 15) is 19.3 Å². The van der Waals surface area contributed by atoms with Crippen molar-refractivity contribution in [2.24, 2.45) is 5.92 Å². The van der Waals surface area contributed by atoms with Crippen LogP contribution in [0.25, 0.3) is 0 Å². The maximum Gasteiger partial charge on any atom is 0.407 e. The summed E-state index contributed by atoms with van der Waals surface area (Å²) in [6.45, 7) is 8.14. The first kappa shape index (κ1) is 26.8. The largest absolute Gasteiger partial charge is 0.444 e. The number of ether oxygens (including phenoxy) is 1. The van der Waals surface area contributed by atoms with Crippen LogP contribution in [-0.2, 0) is 4.74 Å². The number of benzene rings is 2. The van der Waals surface area contributed by atoms with Crippen molar-refractivity contribution in [3.05, 3.63) is 61.3 Å². The number of nitro groups is 1. The molecule has 33 heavy (non-hydrogen) atoms. The van der Waals surface area contributed by atoms with Gasteiger partial charge in [-0.2, -0.15) is 0 Å². The molecule has 2 aromatic rings. The Bertz CT molecular complexity index is 1000. The molecule has 1 aliphatic heterocycles. The van der Waals surface area contributed by atoms with E-state index >= 15 is 0 Å². The molecule has 1 fully saturated rings. The van der Waals surface area contributed by atoms with Gasteiger partial charge in [0.05, 0.1) is 9.40 Å². The molecule has 1 atom stereocenters. The van der Waals surface area contributed by atoms with E-state index < -0.39 is 16.3 Å². The molecule has 1 saturated heterocycles. The van der Waals surface area contributed by atoms with E-state index in [1.54, 1.807) is 0 Å². The van der Waals surface area contributed by atoms with Gasteiger partial charge in [0.15, 0.2) is 0 Å². The number of amides is 1. The molecule has 11 heteroatoms. The summed E-state index contributed by atoms with van der Waals surface area (Å²) in [5.41, 5.74) is 7.13. The first-order valence-corrected chi connectivity index (χ1v) is 11.8. The monoisotopic (exact) mass is 588 g/mol. The molecule has 1 unspecified atom stereocenters. The molecule has 3 N–H and O–H groups in total. The molecule has 8 nitrogen and oxygen atoms in total. The number of nitrogens with one attached hydrogen (secondary N) is 1. The van der Waals surface area contributed by atoms with Crippen molar-refractivity contribution in [2.75, 3.05) is 30.3 Å². The highest BCUT2D eigenvalue weighted by molar-refractivity contribution is 9.11. The van der Waals surface area contributed by atoms with Crippen LogP contribution in [-0.4, -0.2) is 36.3 Å². The summed E-state index contributed by atoms with van der Waals surface area (Å²) in [5, 5.41) is 13.0. The lowest BCUT2D eigenvalue weighted by Gasteiger charge is -2.21. The fourth-order valence-corrected chi connectivity index (χ4v) is 3.98. The summed E-state index contributed by atoms with van der Waals surface area (Å²) in [7, 11) is 0. The Morgan fingerprint density at radius 3 is 2.55 bits per heavy atom. The van der Waals surface area contributed by atoms with Gasteiger partial charge in [-0.1, -0.05) is 0 Å². The summed E-state index contributed by atoms with van der Waals surface area (Å²) in [4.78, 5) is 23.6. The Morgan fingerprint density at radius 2 is 1.97 bits per heavy atom. The minimum Gasteiger partial charge on any atom is -0.444 e. The van der Waals surface area contributed by atoms with Crippen LogP contribution < -0.4 is 16.0 Å². The van der Waals surface area contributed by atoms with Crippen molar-refractivity contribution in [1.29, 1.82) is 0 Å². The number of nitro benzene ring substituents is 1. The van der Waals surface area contributed by atoms with Gasteiger partial charge >= 0.3 is 6.09 Å². The average molecular weight is 590 g/mol. The van der Waals surface area contributed by atoms with Gasteiger partial charge in [0.2, 0.25) is 0 Å². The number of rotatable bonds is 4. The van der Waals surface area contributed by atoms with Gasteiger partial charge in [-0.25, -0.2) is 9.18 Å². The molecule has 0 spiro atoms. The predicted molar refractivity (Wildman–Crippen MR) is 134 cm³/mol. The first-order valence-electron chi connectivity index (χ1n) is 10.2. The van der Waals surface area contributed by atoms with E-state index in [2.05, 4.69) is 42.1 Å². The highest BCUT2D eigenvalue weighted by atomic mass is 79.9. The Kier molecular flexibility index (Phi) is 9.47. The van der Waals surface area contributed by atoms with Crippen molar-refractivity contribution in [3.8, 4) is 0 Å². The van der Waals surface area contributed by atoms with Gasteiger partial charge in [0, 0.05) is 41.5 Å². The Balaban J connectivity index is 0.000000294. The van der Waals surface area contributed by atoms with E-state index in [0.29, 0.717) is 12.5 Å². The third kappa shape index (κ3) is 8.81. The molecule has 3 rings (SSSR count). The molecule has 1 amide bonds. The van der Waals surface area contributed by atoms with Gasteiger partial charge in [-0.05, 0) is 95.3 Å². The highest BCUT2D eigenvalue weighted by Crippen LogP contribution is 2.29. The molecule has 0 aliphatic carbocycles. The lowest BCUT2D eigenvalue weighted by molar-refractivity contribution is -0.385. The van der Waals surface area contributed by atoms with Gasteiger partial charge in [0.1, 0.15) is 11.4 Å². The number of halogens is 3. The topological polar surface area (TPSA) is 111 Å². The highest BCUT2D eigenvalue weighted by Gasteiger charge is 2.24. The van der Waals surface area contributed by atoms with E-state index in [4.69, 9.17) is 10.5 Å². The molecular weight excluding hydrogens is 563 g/mol. The van der Waals surface area contributed by atoms with E-state index in [1.165, 1.54) is 0 Å². The number of carbonyl (C=O) groups is 1. The van der Waals surface area contributed by atoms with Gasteiger partial charge in [-0.15, -0.1) is 0 Å². The van der Waals surface area contributed by atoms with E-state index in [-0.39, 0.29) is 16.3 Å². The van der Waals surface area contributed by atoms with Crippen LogP contribution in [0.1, 0.15) is 27.2 Å². The molecule has 2 aromatic carbocycles. The van der Waals surface area contributed by atoms with E-state index in [0.717, 1.165) is 53.6 Å². The second-order valence-corrected chi connectivity index (χ2v) is 10.3. The van der Waals surface area contributed by atoms with Gasteiger partial charge in [-0.3, -0.25) is 10.1 Å². The van der Waals surface area contributed by atoms with Crippen LogP contribution in [0.15, 0.2) is 45.3 Å². The van der Waals surface area contributed by atoms with Crippen LogP contribution in [0.5, 0.6) is 0 Å². The Labute approximate surface area is 209 Å². The molecule has 1 heterocycles. The lowest BCUT2D eigenvalue weighted by atomic mass is 10.1. The number of hydrogen-bond donors (Lipinski definition) is 2. The second-order valence-electron chi connectivity index (χ2n) is 8.54. The minimum absolute atomic E-state index is 0.133. The number of nitrogen functional groups attached to an aromatic ring is 1.